The SMILES string of the molecule is COc1cc(N)c(C#N)cc1Cl. The van der Waals surface area contributed by atoms with Gasteiger partial charge >= 0.3 is 0 Å². The topological polar surface area (TPSA) is 59.0 Å². The third-order valence-electron chi connectivity index (χ3n) is 1.44. The molecule has 1 aromatic carbocycles. The third-order valence-corrected chi connectivity index (χ3v) is 1.74. The molecule has 0 aliphatic heterocycles. The minimum Gasteiger partial charge on any atom is -0.495 e. The fourth-order valence-electron chi connectivity index (χ4n) is 0.822. The maximum atomic E-state index is 8.58. The molecule has 3 nitrogen and oxygen atoms in total. The standard InChI is InChI=1S/C8H7ClN2O/c1-12-8-3-7(11)5(4-10)2-6(8)9/h2-3H,11H2,1H3. The smallest absolute Gasteiger partial charge is 0.139 e. The molecule has 12 heavy (non-hydrogen) atoms. The first-order valence-electron chi connectivity index (χ1n) is 3.22. The highest BCUT2D eigenvalue weighted by Gasteiger charge is 2.05. The highest BCUT2D eigenvalue weighted by molar-refractivity contribution is 6.32. The Morgan fingerprint density at radius 3 is 2.75 bits per heavy atom. The highest BCUT2D eigenvalue weighted by Crippen LogP contribution is 2.28. The van der Waals surface area contributed by atoms with Crippen LogP contribution >= 0.6 is 11.6 Å². The van der Waals surface area contributed by atoms with Gasteiger partial charge in [0.2, 0.25) is 0 Å². The fourth-order valence-corrected chi connectivity index (χ4v) is 1.06. The molecule has 0 amide bonds. The molecule has 0 aliphatic carbocycles. The van der Waals surface area contributed by atoms with Gasteiger partial charge in [0, 0.05) is 6.07 Å². The molecule has 0 aromatic heterocycles. The quantitative estimate of drug-likeness (QED) is 0.674. The molecule has 0 spiro atoms. The van der Waals surface area contributed by atoms with Gasteiger partial charge in [0.1, 0.15) is 11.8 Å². The average Bonchev–Trinajstić information content (AvgIpc) is 2.08. The Morgan fingerprint density at radius 1 is 1.58 bits per heavy atom. The van der Waals surface area contributed by atoms with E-state index in [0.717, 1.165) is 0 Å². The van der Waals surface area contributed by atoms with E-state index in [0.29, 0.717) is 22.0 Å². The zero-order chi connectivity index (χ0) is 9.14. The van der Waals surface area contributed by atoms with Crippen molar-refractivity contribution in [3.8, 4) is 11.8 Å². The predicted molar refractivity (Wildman–Crippen MR) is 47.1 cm³/mol. The first kappa shape index (κ1) is 8.69. The summed E-state index contributed by atoms with van der Waals surface area (Å²) in [6.07, 6.45) is 0. The number of halogens is 1. The summed E-state index contributed by atoms with van der Waals surface area (Å²) in [4.78, 5) is 0. The molecule has 0 saturated carbocycles. The molecule has 0 heterocycles. The summed E-state index contributed by atoms with van der Waals surface area (Å²) in [5.74, 6) is 0.480. The zero-order valence-electron chi connectivity index (χ0n) is 6.47. The van der Waals surface area contributed by atoms with Crippen LogP contribution in [0, 0.1) is 11.3 Å². The summed E-state index contributed by atoms with van der Waals surface area (Å²) in [5, 5.41) is 8.97. The van der Waals surface area contributed by atoms with Gasteiger partial charge in [-0.1, -0.05) is 11.6 Å². The van der Waals surface area contributed by atoms with Crippen LogP contribution in [0.3, 0.4) is 0 Å². The van der Waals surface area contributed by atoms with Crippen molar-refractivity contribution in [2.45, 2.75) is 0 Å². The van der Waals surface area contributed by atoms with Crippen molar-refractivity contribution in [3.05, 3.63) is 22.7 Å². The van der Waals surface area contributed by atoms with Crippen LogP contribution < -0.4 is 10.5 Å². The number of nitrogen functional groups attached to an aromatic ring is 1. The van der Waals surface area contributed by atoms with E-state index in [4.69, 9.17) is 27.3 Å². The normalized spacial score (nSPS) is 9.08. The molecule has 4 heteroatoms. The van der Waals surface area contributed by atoms with Gasteiger partial charge in [-0.05, 0) is 6.07 Å². The summed E-state index contributed by atoms with van der Waals surface area (Å²) in [6.45, 7) is 0. The number of benzene rings is 1. The van der Waals surface area contributed by atoms with E-state index < -0.39 is 0 Å². The Hall–Kier alpha value is -1.40. The van der Waals surface area contributed by atoms with Gasteiger partial charge in [-0.15, -0.1) is 0 Å². The largest absolute Gasteiger partial charge is 0.495 e. The summed E-state index contributed by atoms with van der Waals surface area (Å²) in [6, 6.07) is 4.93. The van der Waals surface area contributed by atoms with Crippen molar-refractivity contribution < 1.29 is 4.74 Å². The molecule has 1 aromatic rings. The van der Waals surface area contributed by atoms with Crippen molar-refractivity contribution in [1.29, 1.82) is 5.26 Å². The summed E-state index contributed by atoms with van der Waals surface area (Å²) < 4.78 is 4.90. The van der Waals surface area contributed by atoms with Crippen LogP contribution in [0.4, 0.5) is 5.69 Å². The third kappa shape index (κ3) is 1.44. The average molecular weight is 183 g/mol. The molecule has 0 saturated heterocycles. The van der Waals surface area contributed by atoms with Gasteiger partial charge in [-0.3, -0.25) is 0 Å². The molecule has 2 N–H and O–H groups in total. The lowest BCUT2D eigenvalue weighted by Crippen LogP contribution is -1.92. The van der Waals surface area contributed by atoms with Crippen molar-refractivity contribution in [1.82, 2.24) is 0 Å². The monoisotopic (exact) mass is 182 g/mol. The lowest BCUT2D eigenvalue weighted by Gasteiger charge is -2.04. The van der Waals surface area contributed by atoms with E-state index in [1.54, 1.807) is 0 Å². The molecule has 62 valence electrons. The highest BCUT2D eigenvalue weighted by atomic mass is 35.5. The Balaban J connectivity index is 3.28. The summed E-state index contributed by atoms with van der Waals surface area (Å²) in [7, 11) is 1.49. The van der Waals surface area contributed by atoms with Crippen LogP contribution in [-0.2, 0) is 0 Å². The first-order valence-corrected chi connectivity index (χ1v) is 3.60. The van der Waals surface area contributed by atoms with Gasteiger partial charge in [-0.2, -0.15) is 5.26 Å². The first-order chi connectivity index (χ1) is 5.69. The van der Waals surface area contributed by atoms with Crippen molar-refractivity contribution >= 4 is 17.3 Å². The zero-order valence-corrected chi connectivity index (χ0v) is 7.22. The van der Waals surface area contributed by atoms with Gasteiger partial charge < -0.3 is 10.5 Å². The van der Waals surface area contributed by atoms with E-state index in [9.17, 15) is 0 Å². The molecule has 0 radical (unpaired) electrons. The fraction of sp³-hybridized carbons (Fsp3) is 0.125. The van der Waals surface area contributed by atoms with Gasteiger partial charge in [0.15, 0.2) is 0 Å². The van der Waals surface area contributed by atoms with Crippen LogP contribution in [0.25, 0.3) is 0 Å². The number of anilines is 1. The number of rotatable bonds is 1. The van der Waals surface area contributed by atoms with Crippen LogP contribution in [0.1, 0.15) is 5.56 Å². The second-order valence-corrected chi connectivity index (χ2v) is 2.59. The van der Waals surface area contributed by atoms with Gasteiger partial charge in [-0.25, -0.2) is 0 Å². The minimum absolute atomic E-state index is 0.362. The number of ether oxygens (including phenoxy) is 1. The van der Waals surface area contributed by atoms with Crippen LogP contribution in [-0.4, -0.2) is 7.11 Å². The summed E-state index contributed by atoms with van der Waals surface area (Å²) >= 11 is 5.75. The Morgan fingerprint density at radius 2 is 2.25 bits per heavy atom. The van der Waals surface area contributed by atoms with Crippen molar-refractivity contribution in [3.63, 3.8) is 0 Å². The number of hydrogen-bond donors (Lipinski definition) is 1. The van der Waals surface area contributed by atoms with Crippen LogP contribution in [0.15, 0.2) is 12.1 Å². The van der Waals surface area contributed by atoms with E-state index in [-0.39, 0.29) is 0 Å². The van der Waals surface area contributed by atoms with Gasteiger partial charge in [0.25, 0.3) is 0 Å². The molecule has 0 fully saturated rings. The molecular formula is C8H7ClN2O. The molecular weight excluding hydrogens is 176 g/mol. The molecule has 0 bridgehead atoms. The number of methoxy groups -OCH3 is 1. The van der Waals surface area contributed by atoms with Crippen LogP contribution in [0.2, 0.25) is 5.02 Å². The van der Waals surface area contributed by atoms with E-state index in [1.807, 2.05) is 6.07 Å². The number of hydrogen-bond acceptors (Lipinski definition) is 3. The lowest BCUT2D eigenvalue weighted by atomic mass is 10.2. The second kappa shape index (κ2) is 3.33. The molecule has 0 unspecified atom stereocenters. The Labute approximate surface area is 75.3 Å². The number of nitriles is 1. The molecule has 1 rings (SSSR count). The van der Waals surface area contributed by atoms with E-state index >= 15 is 0 Å². The molecule has 0 atom stereocenters. The van der Waals surface area contributed by atoms with Crippen molar-refractivity contribution in [2.75, 3.05) is 12.8 Å². The number of nitrogens with two attached hydrogens (primary N) is 1. The summed E-state index contributed by atoms with van der Waals surface area (Å²) in [5.41, 5.74) is 6.25. The van der Waals surface area contributed by atoms with Crippen molar-refractivity contribution in [2.24, 2.45) is 0 Å². The molecule has 0 aliphatic rings. The van der Waals surface area contributed by atoms with E-state index in [1.165, 1.54) is 19.2 Å². The second-order valence-electron chi connectivity index (χ2n) is 2.19. The Bertz CT molecular complexity index is 343. The van der Waals surface area contributed by atoms with Gasteiger partial charge in [0.05, 0.1) is 23.4 Å². The minimum atomic E-state index is 0.362. The van der Waals surface area contributed by atoms with E-state index in [2.05, 4.69) is 0 Å². The lowest BCUT2D eigenvalue weighted by molar-refractivity contribution is 0.415. The van der Waals surface area contributed by atoms with Crippen LogP contribution in [0.5, 0.6) is 5.75 Å². The Kier molecular flexibility index (Phi) is 2.41. The predicted octanol–water partition coefficient (Wildman–Crippen LogP) is 1.80. The number of nitrogens with zero attached hydrogens (tertiary/aromatic N) is 1. The maximum absolute atomic E-state index is 8.58. The maximum Gasteiger partial charge on any atom is 0.139 e.